The van der Waals surface area contributed by atoms with Crippen molar-refractivity contribution < 1.29 is 4.39 Å². The van der Waals surface area contributed by atoms with Crippen molar-refractivity contribution in [2.75, 3.05) is 11.5 Å². The number of hydrazine groups is 1. The Kier molecular flexibility index (Phi) is 5.57. The van der Waals surface area contributed by atoms with Crippen LogP contribution < -0.4 is 11.3 Å². The molecule has 1 heterocycles. The summed E-state index contributed by atoms with van der Waals surface area (Å²) in [6, 6.07) is 5.38. The highest BCUT2D eigenvalue weighted by Crippen LogP contribution is 2.40. The van der Waals surface area contributed by atoms with E-state index >= 15 is 0 Å². The third kappa shape index (κ3) is 3.45. The molecule has 3 unspecified atom stereocenters. The number of nitrogens with two attached hydrogens (primary N) is 1. The second-order valence-electron chi connectivity index (χ2n) is 4.81. The van der Waals surface area contributed by atoms with Crippen LogP contribution in [0.15, 0.2) is 18.2 Å². The highest BCUT2D eigenvalue weighted by atomic mass is 32.2. The predicted molar refractivity (Wildman–Crippen MR) is 84.0 cm³/mol. The number of nitrogens with one attached hydrogen (secondary N) is 1. The molecule has 1 fully saturated rings. The number of hydrogen-bond acceptors (Lipinski definition) is 4. The maximum Gasteiger partial charge on any atom is 0.126 e. The summed E-state index contributed by atoms with van der Waals surface area (Å²) in [7, 11) is 0. The monoisotopic (exact) mass is 300 g/mol. The number of halogens is 1. The smallest absolute Gasteiger partial charge is 0.126 e. The molecule has 0 spiro atoms. The Balaban J connectivity index is 2.24. The van der Waals surface area contributed by atoms with Gasteiger partial charge in [0.1, 0.15) is 5.82 Å². The Bertz CT molecular complexity index is 428. The van der Waals surface area contributed by atoms with Crippen LogP contribution in [0, 0.1) is 12.7 Å². The zero-order valence-corrected chi connectivity index (χ0v) is 13.0. The van der Waals surface area contributed by atoms with Gasteiger partial charge in [-0.15, -0.1) is 0 Å². The van der Waals surface area contributed by atoms with Gasteiger partial charge in [0.2, 0.25) is 0 Å². The molecule has 1 aliphatic rings. The van der Waals surface area contributed by atoms with Crippen molar-refractivity contribution in [3.05, 3.63) is 35.1 Å². The van der Waals surface area contributed by atoms with Crippen molar-refractivity contribution >= 4 is 23.5 Å². The summed E-state index contributed by atoms with van der Waals surface area (Å²) >= 11 is 4.00. The van der Waals surface area contributed by atoms with Crippen LogP contribution in [0.5, 0.6) is 0 Å². The van der Waals surface area contributed by atoms with Gasteiger partial charge >= 0.3 is 0 Å². The largest absolute Gasteiger partial charge is 0.271 e. The number of benzene rings is 1. The van der Waals surface area contributed by atoms with E-state index in [4.69, 9.17) is 5.84 Å². The maximum atomic E-state index is 13.4. The molecule has 0 saturated carbocycles. The van der Waals surface area contributed by atoms with E-state index in [1.165, 1.54) is 11.8 Å². The molecule has 2 rings (SSSR count). The van der Waals surface area contributed by atoms with Crippen molar-refractivity contribution in [1.29, 1.82) is 0 Å². The minimum atomic E-state index is -0.155. The van der Waals surface area contributed by atoms with Gasteiger partial charge in [-0.2, -0.15) is 23.5 Å². The van der Waals surface area contributed by atoms with E-state index in [2.05, 4.69) is 12.3 Å². The number of aryl methyl sites for hydroxylation is 1. The van der Waals surface area contributed by atoms with E-state index in [1.807, 2.05) is 35.7 Å². The van der Waals surface area contributed by atoms with E-state index < -0.39 is 0 Å². The first-order valence-electron chi connectivity index (χ1n) is 6.62. The molecule has 0 amide bonds. The molecule has 106 valence electrons. The third-order valence-electron chi connectivity index (χ3n) is 3.54. The third-order valence-corrected chi connectivity index (χ3v) is 6.89. The molecule has 1 aliphatic heterocycles. The molecule has 0 bridgehead atoms. The summed E-state index contributed by atoms with van der Waals surface area (Å²) in [5, 5.41) is 1.05. The highest BCUT2D eigenvalue weighted by Gasteiger charge is 2.32. The van der Waals surface area contributed by atoms with Gasteiger partial charge in [0.05, 0.1) is 6.04 Å². The first-order valence-corrected chi connectivity index (χ1v) is 8.72. The molecule has 3 atom stereocenters. The van der Waals surface area contributed by atoms with E-state index in [0.29, 0.717) is 16.1 Å². The molecule has 1 aromatic carbocycles. The first kappa shape index (κ1) is 15.2. The topological polar surface area (TPSA) is 38.0 Å². The SMILES string of the molecule is CCC1SCCSC1C(NN)c1ccc(F)c(C)c1. The lowest BCUT2D eigenvalue weighted by Gasteiger charge is -2.36. The first-order chi connectivity index (χ1) is 9.17. The van der Waals surface area contributed by atoms with E-state index in [-0.39, 0.29) is 11.9 Å². The minimum Gasteiger partial charge on any atom is -0.271 e. The van der Waals surface area contributed by atoms with Crippen LogP contribution in [-0.4, -0.2) is 22.0 Å². The Morgan fingerprint density at radius 3 is 2.79 bits per heavy atom. The van der Waals surface area contributed by atoms with E-state index in [1.54, 1.807) is 6.92 Å². The molecular weight excluding hydrogens is 279 g/mol. The highest BCUT2D eigenvalue weighted by molar-refractivity contribution is 8.07. The van der Waals surface area contributed by atoms with Crippen molar-refractivity contribution in [3.8, 4) is 0 Å². The molecular formula is C14H21FN2S2. The van der Waals surface area contributed by atoms with Crippen LogP contribution >= 0.6 is 23.5 Å². The Labute approximate surface area is 123 Å². The van der Waals surface area contributed by atoms with Gasteiger partial charge in [-0.1, -0.05) is 19.1 Å². The van der Waals surface area contributed by atoms with Crippen LogP contribution in [0.2, 0.25) is 0 Å². The van der Waals surface area contributed by atoms with Gasteiger partial charge in [-0.3, -0.25) is 11.3 Å². The van der Waals surface area contributed by atoms with Gasteiger partial charge in [0.15, 0.2) is 0 Å². The molecule has 0 aromatic heterocycles. The summed E-state index contributed by atoms with van der Waals surface area (Å²) in [6.07, 6.45) is 1.14. The average Bonchev–Trinajstić information content (AvgIpc) is 2.44. The average molecular weight is 300 g/mol. The summed E-state index contributed by atoms with van der Waals surface area (Å²) in [5.74, 6) is 7.98. The zero-order valence-electron chi connectivity index (χ0n) is 11.4. The van der Waals surface area contributed by atoms with Crippen LogP contribution in [0.3, 0.4) is 0 Å². The molecule has 19 heavy (non-hydrogen) atoms. The van der Waals surface area contributed by atoms with Crippen molar-refractivity contribution in [3.63, 3.8) is 0 Å². The standard InChI is InChI=1S/C14H21FN2S2/c1-3-12-14(19-7-6-18-12)13(17-16)10-4-5-11(15)9(2)8-10/h4-5,8,12-14,17H,3,6-7,16H2,1-2H3. The molecule has 1 aromatic rings. The van der Waals surface area contributed by atoms with Gasteiger partial charge in [-0.25, -0.2) is 4.39 Å². The summed E-state index contributed by atoms with van der Waals surface area (Å²) in [4.78, 5) is 0. The quantitative estimate of drug-likeness (QED) is 0.661. The predicted octanol–water partition coefficient (Wildman–Crippen LogP) is 3.27. The fourth-order valence-corrected chi connectivity index (χ4v) is 5.72. The van der Waals surface area contributed by atoms with E-state index in [0.717, 1.165) is 17.7 Å². The van der Waals surface area contributed by atoms with Crippen LogP contribution in [0.4, 0.5) is 4.39 Å². The zero-order chi connectivity index (χ0) is 13.8. The lowest BCUT2D eigenvalue weighted by atomic mass is 9.99. The van der Waals surface area contributed by atoms with Crippen LogP contribution in [0.25, 0.3) is 0 Å². The summed E-state index contributed by atoms with van der Waals surface area (Å²) in [5.41, 5.74) is 4.71. The summed E-state index contributed by atoms with van der Waals surface area (Å²) in [6.45, 7) is 4.02. The lowest BCUT2D eigenvalue weighted by Crippen LogP contribution is -2.41. The second kappa shape index (κ2) is 6.97. The molecule has 3 N–H and O–H groups in total. The van der Waals surface area contributed by atoms with Crippen molar-refractivity contribution in [2.45, 2.75) is 36.8 Å². The molecule has 0 radical (unpaired) electrons. The van der Waals surface area contributed by atoms with Crippen molar-refractivity contribution in [1.82, 2.24) is 5.43 Å². The van der Waals surface area contributed by atoms with Crippen LogP contribution in [-0.2, 0) is 0 Å². The van der Waals surface area contributed by atoms with Gasteiger partial charge in [0, 0.05) is 22.0 Å². The molecule has 5 heteroatoms. The lowest BCUT2D eigenvalue weighted by molar-refractivity contribution is 0.511. The Morgan fingerprint density at radius 2 is 2.16 bits per heavy atom. The maximum absolute atomic E-state index is 13.4. The molecule has 2 nitrogen and oxygen atoms in total. The van der Waals surface area contributed by atoms with E-state index in [9.17, 15) is 4.39 Å². The molecule has 0 aliphatic carbocycles. The molecule has 1 saturated heterocycles. The second-order valence-corrected chi connectivity index (χ2v) is 7.44. The van der Waals surface area contributed by atoms with Gasteiger partial charge in [0.25, 0.3) is 0 Å². The number of thioether (sulfide) groups is 2. The van der Waals surface area contributed by atoms with Gasteiger partial charge in [-0.05, 0) is 30.5 Å². The van der Waals surface area contributed by atoms with Gasteiger partial charge < -0.3 is 0 Å². The normalized spacial score (nSPS) is 25.3. The van der Waals surface area contributed by atoms with Crippen LogP contribution in [0.1, 0.15) is 30.5 Å². The number of hydrogen-bond donors (Lipinski definition) is 2. The fraction of sp³-hybridized carbons (Fsp3) is 0.571. The fourth-order valence-electron chi connectivity index (χ4n) is 2.49. The van der Waals surface area contributed by atoms with Crippen molar-refractivity contribution in [2.24, 2.45) is 5.84 Å². The Morgan fingerprint density at radius 1 is 1.42 bits per heavy atom. The number of rotatable bonds is 4. The Hall–Kier alpha value is -0.230. The summed E-state index contributed by atoms with van der Waals surface area (Å²) < 4.78 is 13.4. The minimum absolute atomic E-state index is 0.0852.